The normalized spacial score (nSPS) is 15.0. The number of aliphatic hydroxyl groups is 2. The standard InChI is InChI=1S/C42H47ClN4O9/c1-27-31(7-4-8-33(27)34-9-5-10-36(28(34)2)54-16-6-13-47-14-11-42(53,12-15-47)40(51)52)25-56-38-19-37(55-24-30-17-29(20-44)21-45-22-30)32(18-35(38)43)23-46-41(3,26-48)39(49)50/h4-5,7-10,17-19,21-22,46,48,53H,6,11-16,23-26H2,1-3H3,(H,49,50)(H,51,52)/t41-/m1/s1. The first-order chi connectivity index (χ1) is 26.8. The van der Waals surface area contributed by atoms with Crippen LogP contribution in [0.25, 0.3) is 11.1 Å². The SMILES string of the molecule is Cc1c(COc2cc(OCc3cncc(C#N)c3)c(CN[C@](C)(CO)C(=O)O)cc2Cl)cccc1-c1cccc(OCCCN2CCC(O)(C(=O)O)CC2)c1C. The Morgan fingerprint density at radius 3 is 2.32 bits per heavy atom. The predicted molar refractivity (Wildman–Crippen MR) is 209 cm³/mol. The number of nitrogens with zero attached hydrogens (tertiary/aromatic N) is 3. The molecule has 0 radical (unpaired) electrons. The zero-order valence-electron chi connectivity index (χ0n) is 31.7. The summed E-state index contributed by atoms with van der Waals surface area (Å²) in [5.41, 5.74) is 3.28. The van der Waals surface area contributed by atoms with E-state index in [4.69, 9.17) is 25.8 Å². The van der Waals surface area contributed by atoms with Gasteiger partial charge >= 0.3 is 11.9 Å². The van der Waals surface area contributed by atoms with E-state index >= 15 is 0 Å². The van der Waals surface area contributed by atoms with Crippen LogP contribution in [0.15, 0.2) is 67.0 Å². The Morgan fingerprint density at radius 1 is 0.946 bits per heavy atom. The Hall–Kier alpha value is -5.23. The molecule has 1 fully saturated rings. The fourth-order valence-corrected chi connectivity index (χ4v) is 6.66. The molecule has 1 saturated heterocycles. The number of hydrogen-bond donors (Lipinski definition) is 5. The van der Waals surface area contributed by atoms with Gasteiger partial charge in [-0.15, -0.1) is 0 Å². The summed E-state index contributed by atoms with van der Waals surface area (Å²) in [6.07, 6.45) is 4.21. The monoisotopic (exact) mass is 786 g/mol. The molecular formula is C42H47ClN4O9. The molecule has 0 saturated carbocycles. The lowest BCUT2D eigenvalue weighted by Crippen LogP contribution is -2.52. The number of rotatable bonds is 18. The molecule has 0 amide bonds. The number of aliphatic carboxylic acids is 2. The number of hydrogen-bond acceptors (Lipinski definition) is 11. The topological polar surface area (TPSA) is 195 Å². The van der Waals surface area contributed by atoms with Gasteiger partial charge in [0.25, 0.3) is 0 Å². The molecule has 13 nitrogen and oxygen atoms in total. The van der Waals surface area contributed by atoms with Crippen LogP contribution in [0, 0.1) is 25.2 Å². The molecule has 0 spiro atoms. The second-order valence-corrected chi connectivity index (χ2v) is 14.6. The number of benzene rings is 3. The van der Waals surface area contributed by atoms with E-state index in [9.17, 15) is 35.3 Å². The number of aliphatic hydroxyl groups excluding tert-OH is 1. The number of carboxylic acid groups (broad SMARTS) is 2. The number of aromatic nitrogens is 1. The van der Waals surface area contributed by atoms with E-state index < -0.39 is 29.7 Å². The molecule has 5 rings (SSSR count). The zero-order valence-corrected chi connectivity index (χ0v) is 32.4. The zero-order chi connectivity index (χ0) is 40.5. The Kier molecular flexibility index (Phi) is 13.9. The number of pyridine rings is 1. The first-order valence-electron chi connectivity index (χ1n) is 18.3. The Bertz CT molecular complexity index is 2080. The molecule has 4 aromatic rings. The van der Waals surface area contributed by atoms with Crippen LogP contribution >= 0.6 is 11.6 Å². The summed E-state index contributed by atoms with van der Waals surface area (Å²) >= 11 is 6.73. The van der Waals surface area contributed by atoms with Crippen LogP contribution in [0.5, 0.6) is 17.2 Å². The lowest BCUT2D eigenvalue weighted by atomic mass is 9.91. The van der Waals surface area contributed by atoms with E-state index in [1.54, 1.807) is 24.4 Å². The average Bonchev–Trinajstić information content (AvgIpc) is 3.19. The van der Waals surface area contributed by atoms with Crippen LogP contribution in [-0.4, -0.2) is 86.2 Å². The van der Waals surface area contributed by atoms with Crippen molar-refractivity contribution in [1.82, 2.24) is 15.2 Å². The van der Waals surface area contributed by atoms with Crippen molar-refractivity contribution in [3.05, 3.63) is 105 Å². The maximum absolute atomic E-state index is 11.8. The van der Waals surface area contributed by atoms with Gasteiger partial charge in [0.05, 0.1) is 23.8 Å². The van der Waals surface area contributed by atoms with Crippen molar-refractivity contribution in [1.29, 1.82) is 5.26 Å². The molecule has 1 atom stereocenters. The molecule has 2 heterocycles. The largest absolute Gasteiger partial charge is 0.493 e. The second-order valence-electron chi connectivity index (χ2n) is 14.2. The molecule has 1 aliphatic rings. The van der Waals surface area contributed by atoms with E-state index in [-0.39, 0.29) is 37.6 Å². The summed E-state index contributed by atoms with van der Waals surface area (Å²) in [5, 5.41) is 51.3. The van der Waals surface area contributed by atoms with Crippen molar-refractivity contribution >= 4 is 23.5 Å². The highest BCUT2D eigenvalue weighted by Crippen LogP contribution is 2.36. The lowest BCUT2D eigenvalue weighted by Gasteiger charge is -2.35. The Labute approximate surface area is 331 Å². The third kappa shape index (κ3) is 10.1. The maximum atomic E-state index is 11.8. The van der Waals surface area contributed by atoms with Crippen LogP contribution < -0.4 is 19.5 Å². The van der Waals surface area contributed by atoms with Crippen molar-refractivity contribution in [2.45, 2.75) is 70.9 Å². The number of piperidine rings is 1. The summed E-state index contributed by atoms with van der Waals surface area (Å²) in [6.45, 7) is 7.33. The molecule has 296 valence electrons. The van der Waals surface area contributed by atoms with Gasteiger partial charge in [0, 0.05) is 55.8 Å². The highest BCUT2D eigenvalue weighted by molar-refractivity contribution is 6.32. The summed E-state index contributed by atoms with van der Waals surface area (Å²) in [5.74, 6) is -0.896. The first-order valence-corrected chi connectivity index (χ1v) is 18.7. The fourth-order valence-electron chi connectivity index (χ4n) is 6.42. The van der Waals surface area contributed by atoms with Crippen molar-refractivity contribution in [3.8, 4) is 34.4 Å². The second kappa shape index (κ2) is 18.6. The molecule has 1 aromatic heterocycles. The van der Waals surface area contributed by atoms with Gasteiger partial charge < -0.3 is 39.5 Å². The van der Waals surface area contributed by atoms with Crippen molar-refractivity contribution in [2.24, 2.45) is 0 Å². The highest BCUT2D eigenvalue weighted by Gasteiger charge is 2.39. The van der Waals surface area contributed by atoms with E-state index in [1.165, 1.54) is 13.1 Å². The van der Waals surface area contributed by atoms with Gasteiger partial charge in [0.2, 0.25) is 0 Å². The summed E-state index contributed by atoms with van der Waals surface area (Å²) in [7, 11) is 0. The summed E-state index contributed by atoms with van der Waals surface area (Å²) in [6, 6.07) is 18.9. The van der Waals surface area contributed by atoms with Crippen LogP contribution in [0.1, 0.15) is 59.6 Å². The van der Waals surface area contributed by atoms with E-state index in [2.05, 4.69) is 21.3 Å². The van der Waals surface area contributed by atoms with E-state index in [1.807, 2.05) is 50.2 Å². The lowest BCUT2D eigenvalue weighted by molar-refractivity contribution is -0.163. The van der Waals surface area contributed by atoms with Gasteiger partial charge in [-0.05, 0) is 86.1 Å². The minimum absolute atomic E-state index is 0.0106. The number of ether oxygens (including phenoxy) is 3. The van der Waals surface area contributed by atoms with Crippen LogP contribution in [0.4, 0.5) is 0 Å². The molecule has 14 heteroatoms. The average molecular weight is 787 g/mol. The highest BCUT2D eigenvalue weighted by atomic mass is 35.5. The van der Waals surface area contributed by atoms with Gasteiger partial charge in [-0.25, -0.2) is 4.79 Å². The number of likely N-dealkylation sites (tertiary alicyclic amines) is 1. The Balaban J connectivity index is 1.28. The molecule has 56 heavy (non-hydrogen) atoms. The van der Waals surface area contributed by atoms with Crippen LogP contribution in [-0.2, 0) is 29.3 Å². The van der Waals surface area contributed by atoms with Gasteiger partial charge in [0.1, 0.15) is 42.1 Å². The molecule has 5 N–H and O–H groups in total. The summed E-state index contributed by atoms with van der Waals surface area (Å²) in [4.78, 5) is 29.4. The molecular weight excluding hydrogens is 740 g/mol. The number of nitriles is 1. The number of carbonyl (C=O) groups is 2. The molecule has 0 unspecified atom stereocenters. The van der Waals surface area contributed by atoms with E-state index in [0.29, 0.717) is 47.9 Å². The molecule has 1 aliphatic heterocycles. The third-order valence-corrected chi connectivity index (χ3v) is 10.5. The van der Waals surface area contributed by atoms with Gasteiger partial charge in [-0.1, -0.05) is 41.9 Å². The molecule has 0 bridgehead atoms. The van der Waals surface area contributed by atoms with Gasteiger partial charge in [-0.3, -0.25) is 15.1 Å². The molecule has 3 aromatic carbocycles. The predicted octanol–water partition coefficient (Wildman–Crippen LogP) is 5.65. The van der Waals surface area contributed by atoms with Crippen LogP contribution in [0.3, 0.4) is 0 Å². The number of carboxylic acids is 2. The van der Waals surface area contributed by atoms with Crippen molar-refractivity contribution in [2.75, 3.05) is 32.8 Å². The Morgan fingerprint density at radius 2 is 1.64 bits per heavy atom. The number of nitrogens with one attached hydrogen (secondary N) is 1. The van der Waals surface area contributed by atoms with E-state index in [0.717, 1.165) is 46.5 Å². The minimum atomic E-state index is -1.63. The van der Waals surface area contributed by atoms with Crippen molar-refractivity contribution < 1.29 is 44.2 Å². The number of halogens is 1. The smallest absolute Gasteiger partial charge is 0.335 e. The first kappa shape index (κ1) is 41.9. The van der Waals surface area contributed by atoms with Crippen molar-refractivity contribution in [3.63, 3.8) is 0 Å². The quantitative estimate of drug-likeness (QED) is 0.0777. The van der Waals surface area contributed by atoms with Gasteiger partial charge in [-0.2, -0.15) is 5.26 Å². The minimum Gasteiger partial charge on any atom is -0.493 e. The maximum Gasteiger partial charge on any atom is 0.335 e. The summed E-state index contributed by atoms with van der Waals surface area (Å²) < 4.78 is 18.6. The molecule has 0 aliphatic carbocycles. The third-order valence-electron chi connectivity index (χ3n) is 10.3. The van der Waals surface area contributed by atoms with Gasteiger partial charge in [0.15, 0.2) is 5.60 Å². The fraction of sp³-hybridized carbons (Fsp3) is 0.381. The van der Waals surface area contributed by atoms with Crippen LogP contribution in [0.2, 0.25) is 5.02 Å².